The first-order valence-electron chi connectivity index (χ1n) is 11.6. The van der Waals surface area contributed by atoms with Crippen LogP contribution in [0.1, 0.15) is 64.9 Å². The molecule has 182 valence electrons. The molecule has 1 aromatic carbocycles. The molecule has 0 aromatic heterocycles. The lowest BCUT2D eigenvalue weighted by molar-refractivity contribution is -0.131. The molecule has 0 fully saturated rings. The molecule has 1 aromatic rings. The van der Waals surface area contributed by atoms with E-state index < -0.39 is 14.8 Å². The number of carboxylic acid groups (broad SMARTS) is 1. The van der Waals surface area contributed by atoms with E-state index in [9.17, 15) is 4.79 Å². The maximum absolute atomic E-state index is 10.6. The standard InChI is InChI=1S/C24H40O7Si/c1-5-29-32(30-6-2,31-7-3)19-13-11-9-8-10-12-18-28-22-16-14-21(15-17-24(25)26)20-23(22)27-4/h14-17,20H,5-13,18-19H2,1-4H3,(H,25,26)/b17-15+. The van der Waals surface area contributed by atoms with Crippen LogP contribution in [-0.2, 0) is 18.1 Å². The van der Waals surface area contributed by atoms with Crippen LogP contribution >= 0.6 is 0 Å². The van der Waals surface area contributed by atoms with E-state index in [0.717, 1.165) is 49.8 Å². The van der Waals surface area contributed by atoms with Gasteiger partial charge in [-0.15, -0.1) is 0 Å². The molecule has 7 nitrogen and oxygen atoms in total. The Morgan fingerprint density at radius 1 is 0.906 bits per heavy atom. The summed E-state index contributed by atoms with van der Waals surface area (Å²) in [6, 6.07) is 6.27. The molecule has 0 saturated heterocycles. The number of carboxylic acids is 1. The zero-order chi connectivity index (χ0) is 23.7. The van der Waals surface area contributed by atoms with Gasteiger partial charge in [-0.25, -0.2) is 4.79 Å². The van der Waals surface area contributed by atoms with Crippen molar-refractivity contribution in [3.8, 4) is 11.5 Å². The van der Waals surface area contributed by atoms with Crippen molar-refractivity contribution < 1.29 is 32.7 Å². The molecule has 0 aliphatic rings. The molecule has 0 aliphatic carbocycles. The topological polar surface area (TPSA) is 83.5 Å². The maximum atomic E-state index is 10.6. The normalized spacial score (nSPS) is 11.8. The van der Waals surface area contributed by atoms with E-state index in [0.29, 0.717) is 37.9 Å². The van der Waals surface area contributed by atoms with Gasteiger partial charge >= 0.3 is 14.8 Å². The van der Waals surface area contributed by atoms with Gasteiger partial charge in [0.1, 0.15) is 0 Å². The number of benzene rings is 1. The lowest BCUT2D eigenvalue weighted by atomic mass is 10.1. The molecule has 32 heavy (non-hydrogen) atoms. The van der Waals surface area contributed by atoms with Crippen LogP contribution < -0.4 is 9.47 Å². The summed E-state index contributed by atoms with van der Waals surface area (Å²) in [4.78, 5) is 10.6. The van der Waals surface area contributed by atoms with E-state index in [1.807, 2.05) is 32.9 Å². The highest BCUT2D eigenvalue weighted by Crippen LogP contribution is 2.29. The first-order valence-corrected chi connectivity index (χ1v) is 13.6. The van der Waals surface area contributed by atoms with Crippen molar-refractivity contribution in [1.82, 2.24) is 0 Å². The molecule has 0 aliphatic heterocycles. The molecule has 0 heterocycles. The summed E-state index contributed by atoms with van der Waals surface area (Å²) in [6.07, 6.45) is 9.23. The van der Waals surface area contributed by atoms with Gasteiger partial charge in [-0.1, -0.05) is 31.7 Å². The smallest absolute Gasteiger partial charge is 0.493 e. The van der Waals surface area contributed by atoms with Gasteiger partial charge in [-0.3, -0.25) is 0 Å². The largest absolute Gasteiger partial charge is 0.500 e. The van der Waals surface area contributed by atoms with E-state index in [-0.39, 0.29) is 0 Å². The molecule has 0 bridgehead atoms. The zero-order valence-electron chi connectivity index (χ0n) is 20.1. The highest BCUT2D eigenvalue weighted by Gasteiger charge is 2.39. The molecule has 0 amide bonds. The van der Waals surface area contributed by atoms with Crippen LogP contribution in [-0.4, -0.2) is 53.4 Å². The van der Waals surface area contributed by atoms with Crippen LogP contribution in [0.4, 0.5) is 0 Å². The second-order valence-electron chi connectivity index (χ2n) is 7.28. The SMILES string of the molecule is CCO[Si](CCCCCCCCOc1ccc(/C=C/C(=O)O)cc1OC)(OCC)OCC. The summed E-state index contributed by atoms with van der Waals surface area (Å²) < 4.78 is 28.9. The molecular weight excluding hydrogens is 428 g/mol. The van der Waals surface area contributed by atoms with Crippen LogP contribution in [0, 0.1) is 0 Å². The molecule has 8 heteroatoms. The van der Waals surface area contributed by atoms with Gasteiger partial charge in [0.2, 0.25) is 0 Å². The summed E-state index contributed by atoms with van der Waals surface area (Å²) in [5.74, 6) is 0.288. The average molecular weight is 469 g/mol. The number of aliphatic carboxylic acids is 1. The molecule has 1 rings (SSSR count). The van der Waals surface area contributed by atoms with Crippen LogP contribution in [0.15, 0.2) is 24.3 Å². The van der Waals surface area contributed by atoms with Crippen molar-refractivity contribution in [2.24, 2.45) is 0 Å². The molecule has 0 saturated carbocycles. The summed E-state index contributed by atoms with van der Waals surface area (Å²) in [7, 11) is -0.927. The van der Waals surface area contributed by atoms with Crippen LogP contribution in [0.25, 0.3) is 6.08 Å². The number of ether oxygens (including phenoxy) is 2. The molecule has 0 spiro atoms. The third-order valence-corrected chi connectivity index (χ3v) is 7.99. The molecule has 0 unspecified atom stereocenters. The number of hydrogen-bond donors (Lipinski definition) is 1. The zero-order valence-corrected chi connectivity index (χ0v) is 21.1. The maximum Gasteiger partial charge on any atom is 0.500 e. The molecular formula is C24H40O7Si. The Balaban J connectivity index is 2.27. The molecule has 1 N–H and O–H groups in total. The van der Waals surface area contributed by atoms with Gasteiger partial charge in [-0.2, -0.15) is 0 Å². The number of unbranched alkanes of at least 4 members (excludes halogenated alkanes) is 5. The lowest BCUT2D eigenvalue weighted by Gasteiger charge is -2.28. The van der Waals surface area contributed by atoms with E-state index in [1.54, 1.807) is 13.2 Å². The first-order chi connectivity index (χ1) is 15.5. The van der Waals surface area contributed by atoms with Gasteiger partial charge in [0.05, 0.1) is 13.7 Å². The van der Waals surface area contributed by atoms with Gasteiger partial charge < -0.3 is 27.9 Å². The summed E-state index contributed by atoms with van der Waals surface area (Å²) in [5.41, 5.74) is 0.752. The molecule has 0 atom stereocenters. The average Bonchev–Trinajstić information content (AvgIpc) is 2.77. The summed E-state index contributed by atoms with van der Waals surface area (Å²) >= 11 is 0. The second-order valence-corrected chi connectivity index (χ2v) is 10.0. The number of hydrogen-bond acceptors (Lipinski definition) is 6. The van der Waals surface area contributed by atoms with Gasteiger partial charge in [0, 0.05) is 31.9 Å². The van der Waals surface area contributed by atoms with Crippen molar-refractivity contribution in [3.05, 3.63) is 29.8 Å². The Labute approximate surface area is 194 Å². The van der Waals surface area contributed by atoms with Crippen molar-refractivity contribution >= 4 is 20.8 Å². The molecule has 0 radical (unpaired) electrons. The fourth-order valence-corrected chi connectivity index (χ4v) is 6.09. The second kappa shape index (κ2) is 16.7. The summed E-state index contributed by atoms with van der Waals surface area (Å²) in [5, 5.41) is 8.73. The van der Waals surface area contributed by atoms with E-state index in [2.05, 4.69) is 0 Å². The highest BCUT2D eigenvalue weighted by atomic mass is 28.4. The quantitative estimate of drug-likeness (QED) is 0.162. The minimum absolute atomic E-state index is 0.600. The van der Waals surface area contributed by atoms with Crippen LogP contribution in [0.5, 0.6) is 11.5 Å². The predicted molar refractivity (Wildman–Crippen MR) is 128 cm³/mol. The Bertz CT molecular complexity index is 661. The minimum Gasteiger partial charge on any atom is -0.493 e. The highest BCUT2D eigenvalue weighted by molar-refractivity contribution is 6.60. The van der Waals surface area contributed by atoms with Crippen LogP contribution in [0.2, 0.25) is 6.04 Å². The summed E-state index contributed by atoms with van der Waals surface area (Å²) in [6.45, 7) is 8.46. The van der Waals surface area contributed by atoms with Gasteiger partial charge in [0.15, 0.2) is 11.5 Å². The van der Waals surface area contributed by atoms with Crippen molar-refractivity contribution in [2.75, 3.05) is 33.5 Å². The van der Waals surface area contributed by atoms with Crippen molar-refractivity contribution in [1.29, 1.82) is 0 Å². The van der Waals surface area contributed by atoms with E-state index in [4.69, 9.17) is 27.9 Å². The first kappa shape index (κ1) is 28.2. The fourth-order valence-electron chi connectivity index (χ4n) is 3.41. The van der Waals surface area contributed by atoms with Gasteiger partial charge in [0.25, 0.3) is 0 Å². The lowest BCUT2D eigenvalue weighted by Crippen LogP contribution is -2.45. The Hall–Kier alpha value is -1.87. The van der Waals surface area contributed by atoms with E-state index in [1.165, 1.54) is 12.5 Å². The minimum atomic E-state index is -2.50. The third kappa shape index (κ3) is 11.1. The monoisotopic (exact) mass is 468 g/mol. The van der Waals surface area contributed by atoms with Crippen molar-refractivity contribution in [3.63, 3.8) is 0 Å². The number of carbonyl (C=O) groups is 1. The van der Waals surface area contributed by atoms with Crippen molar-refractivity contribution in [2.45, 2.75) is 65.3 Å². The Morgan fingerprint density at radius 2 is 1.50 bits per heavy atom. The third-order valence-electron chi connectivity index (χ3n) is 4.83. The number of methoxy groups -OCH3 is 1. The Morgan fingerprint density at radius 3 is 2.06 bits per heavy atom. The Kier molecular flexibility index (Phi) is 14.7. The predicted octanol–water partition coefficient (Wildman–Crippen LogP) is 5.56. The van der Waals surface area contributed by atoms with Gasteiger partial charge in [-0.05, 0) is 57.4 Å². The fraction of sp³-hybridized carbons (Fsp3) is 0.625. The van der Waals surface area contributed by atoms with Crippen LogP contribution in [0.3, 0.4) is 0 Å². The van der Waals surface area contributed by atoms with E-state index >= 15 is 0 Å². The number of rotatable bonds is 19.